The highest BCUT2D eigenvalue weighted by atomic mass is 19.1. The number of nitrogens with zero attached hydrogens (tertiary/aromatic N) is 3. The molecular formula is C19H27FN4O. The van der Waals surface area contributed by atoms with Crippen LogP contribution in [-0.2, 0) is 12.0 Å². The number of hydrogen-bond acceptors (Lipinski definition) is 4. The maximum atomic E-state index is 13.3. The van der Waals surface area contributed by atoms with Crippen molar-refractivity contribution in [3.8, 4) is 0 Å². The van der Waals surface area contributed by atoms with Gasteiger partial charge in [0.15, 0.2) is 0 Å². The van der Waals surface area contributed by atoms with Crippen LogP contribution in [0, 0.1) is 5.82 Å². The van der Waals surface area contributed by atoms with E-state index in [1.54, 1.807) is 26.0 Å². The Kier molecular flexibility index (Phi) is 5.49. The molecular weight excluding hydrogens is 319 g/mol. The summed E-state index contributed by atoms with van der Waals surface area (Å²) in [5, 5.41) is 22.1. The lowest BCUT2D eigenvalue weighted by atomic mass is 9.90. The van der Waals surface area contributed by atoms with Crippen LogP contribution in [0.15, 0.2) is 30.5 Å². The van der Waals surface area contributed by atoms with Crippen LogP contribution in [0.3, 0.4) is 0 Å². The predicted molar refractivity (Wildman–Crippen MR) is 94.7 cm³/mol. The Morgan fingerprint density at radius 2 is 2.12 bits per heavy atom. The largest absolute Gasteiger partial charge is 0.384 e. The number of benzene rings is 1. The molecule has 6 heteroatoms. The number of aliphatic hydroxyl groups is 1. The van der Waals surface area contributed by atoms with Gasteiger partial charge in [-0.1, -0.05) is 30.2 Å². The van der Waals surface area contributed by atoms with E-state index in [0.29, 0.717) is 11.7 Å². The molecule has 0 aliphatic heterocycles. The molecule has 0 unspecified atom stereocenters. The number of rotatable bonds is 6. The maximum Gasteiger partial charge on any atom is 0.123 e. The Hall–Kier alpha value is -1.79. The van der Waals surface area contributed by atoms with Crippen molar-refractivity contribution in [2.45, 2.75) is 63.6 Å². The minimum atomic E-state index is -0.979. The average molecular weight is 346 g/mol. The molecule has 0 amide bonds. The van der Waals surface area contributed by atoms with Crippen molar-refractivity contribution >= 4 is 0 Å². The molecule has 1 fully saturated rings. The Morgan fingerprint density at radius 3 is 2.84 bits per heavy atom. The van der Waals surface area contributed by atoms with Gasteiger partial charge in [0.1, 0.15) is 17.1 Å². The number of halogens is 1. The van der Waals surface area contributed by atoms with Crippen LogP contribution >= 0.6 is 0 Å². The zero-order valence-electron chi connectivity index (χ0n) is 15.0. The van der Waals surface area contributed by atoms with Crippen LogP contribution in [0.5, 0.6) is 0 Å². The van der Waals surface area contributed by atoms with Gasteiger partial charge in [0.2, 0.25) is 0 Å². The molecule has 2 aromatic rings. The molecule has 136 valence electrons. The summed E-state index contributed by atoms with van der Waals surface area (Å²) in [6, 6.07) is 7.33. The van der Waals surface area contributed by atoms with Gasteiger partial charge in [0, 0.05) is 6.04 Å². The second-order valence-electron chi connectivity index (χ2n) is 7.44. The molecule has 0 radical (unpaired) electrons. The van der Waals surface area contributed by atoms with Gasteiger partial charge >= 0.3 is 0 Å². The van der Waals surface area contributed by atoms with Crippen molar-refractivity contribution in [1.29, 1.82) is 0 Å². The molecule has 0 saturated heterocycles. The van der Waals surface area contributed by atoms with Crippen molar-refractivity contribution in [2.75, 3.05) is 6.54 Å². The van der Waals surface area contributed by atoms with E-state index < -0.39 is 5.60 Å². The topological polar surface area (TPSA) is 63.0 Å². The van der Waals surface area contributed by atoms with Gasteiger partial charge in [0.05, 0.1) is 12.2 Å². The normalized spacial score (nSPS) is 21.4. The zero-order valence-corrected chi connectivity index (χ0v) is 15.0. The van der Waals surface area contributed by atoms with Gasteiger partial charge in [-0.15, -0.1) is 5.10 Å². The van der Waals surface area contributed by atoms with E-state index in [4.69, 9.17) is 0 Å². The van der Waals surface area contributed by atoms with Crippen LogP contribution in [0.2, 0.25) is 0 Å². The lowest BCUT2D eigenvalue weighted by Gasteiger charge is -2.32. The summed E-state index contributed by atoms with van der Waals surface area (Å²) in [6.45, 7) is 4.24. The van der Waals surface area contributed by atoms with Crippen LogP contribution in [0.4, 0.5) is 4.39 Å². The number of hydrogen-bond donors (Lipinski definition) is 2. The summed E-state index contributed by atoms with van der Waals surface area (Å²) in [7, 11) is 0. The first-order valence-electron chi connectivity index (χ1n) is 9.06. The van der Waals surface area contributed by atoms with Gasteiger partial charge in [-0.05, 0) is 57.4 Å². The van der Waals surface area contributed by atoms with Gasteiger partial charge in [0.25, 0.3) is 0 Å². The quantitative estimate of drug-likeness (QED) is 0.844. The minimum absolute atomic E-state index is 0.185. The van der Waals surface area contributed by atoms with Gasteiger partial charge in [-0.3, -0.25) is 0 Å². The van der Waals surface area contributed by atoms with E-state index in [1.807, 2.05) is 16.9 Å². The maximum absolute atomic E-state index is 13.3. The molecule has 2 N–H and O–H groups in total. The average Bonchev–Trinajstić information content (AvgIpc) is 3.05. The van der Waals surface area contributed by atoms with Crippen molar-refractivity contribution < 1.29 is 9.50 Å². The van der Waals surface area contributed by atoms with Crippen LogP contribution in [0.1, 0.15) is 56.8 Å². The number of aromatic nitrogens is 3. The third kappa shape index (κ3) is 4.64. The molecule has 0 spiro atoms. The Bertz CT molecular complexity index is 695. The van der Waals surface area contributed by atoms with Gasteiger partial charge in [-0.25, -0.2) is 9.07 Å². The monoisotopic (exact) mass is 346 g/mol. The molecule has 1 heterocycles. The minimum Gasteiger partial charge on any atom is -0.384 e. The first-order chi connectivity index (χ1) is 11.9. The first-order valence-corrected chi connectivity index (χ1v) is 9.06. The Labute approximate surface area is 148 Å². The fraction of sp³-hybridized carbons (Fsp3) is 0.579. The van der Waals surface area contributed by atoms with E-state index in [2.05, 4.69) is 15.6 Å². The van der Waals surface area contributed by atoms with Crippen molar-refractivity contribution in [3.05, 3.63) is 47.5 Å². The lowest BCUT2D eigenvalue weighted by molar-refractivity contribution is 0.0736. The lowest BCUT2D eigenvalue weighted by Crippen LogP contribution is -2.41. The van der Waals surface area contributed by atoms with E-state index in [9.17, 15) is 9.50 Å². The fourth-order valence-corrected chi connectivity index (χ4v) is 3.48. The smallest absolute Gasteiger partial charge is 0.123 e. The van der Waals surface area contributed by atoms with Crippen molar-refractivity contribution in [3.63, 3.8) is 0 Å². The summed E-state index contributed by atoms with van der Waals surface area (Å²) in [4.78, 5) is 0. The van der Waals surface area contributed by atoms with Gasteiger partial charge in [-0.2, -0.15) is 0 Å². The van der Waals surface area contributed by atoms with Gasteiger partial charge < -0.3 is 10.4 Å². The van der Waals surface area contributed by atoms with E-state index >= 15 is 0 Å². The van der Waals surface area contributed by atoms with Crippen molar-refractivity contribution in [1.82, 2.24) is 20.3 Å². The number of nitrogens with one attached hydrogen (secondary N) is 1. The molecule has 1 aromatic carbocycles. The zero-order chi connectivity index (χ0) is 17.9. The summed E-state index contributed by atoms with van der Waals surface area (Å²) in [6.07, 6.45) is 7.16. The fourth-order valence-electron chi connectivity index (χ4n) is 3.48. The van der Waals surface area contributed by atoms with E-state index in [1.165, 1.54) is 18.9 Å². The molecule has 2 atom stereocenters. The highest BCUT2D eigenvalue weighted by Gasteiger charge is 2.29. The summed E-state index contributed by atoms with van der Waals surface area (Å²) >= 11 is 0. The SMILES string of the molecule is CC(C)(O)c1cn([C@@H]2CCCC[C@@H]2NCCc2cccc(F)c2)nn1. The van der Waals surface area contributed by atoms with Crippen molar-refractivity contribution in [2.24, 2.45) is 0 Å². The van der Waals surface area contributed by atoms with E-state index in [0.717, 1.165) is 31.4 Å². The highest BCUT2D eigenvalue weighted by molar-refractivity contribution is 5.16. The second kappa shape index (κ2) is 7.62. The third-order valence-electron chi connectivity index (χ3n) is 4.92. The molecule has 0 bridgehead atoms. The third-order valence-corrected chi connectivity index (χ3v) is 4.92. The molecule has 3 rings (SSSR count). The standard InChI is InChI=1S/C19H27FN4O/c1-19(2,25)18-13-24(23-22-18)17-9-4-3-8-16(17)21-11-10-14-6-5-7-15(20)12-14/h5-7,12-13,16-17,21,25H,3-4,8-11H2,1-2H3/t16-,17+/m0/s1. The molecule has 5 nitrogen and oxygen atoms in total. The molecule has 1 aliphatic rings. The Balaban J connectivity index is 1.62. The highest BCUT2D eigenvalue weighted by Crippen LogP contribution is 2.29. The molecule has 25 heavy (non-hydrogen) atoms. The summed E-state index contributed by atoms with van der Waals surface area (Å²) in [5.74, 6) is -0.185. The molecule has 1 aromatic heterocycles. The predicted octanol–water partition coefficient (Wildman–Crippen LogP) is 2.96. The Morgan fingerprint density at radius 1 is 1.32 bits per heavy atom. The first kappa shape index (κ1) is 18.0. The summed E-state index contributed by atoms with van der Waals surface area (Å²) in [5.41, 5.74) is 0.620. The van der Waals surface area contributed by atoms with Crippen LogP contribution in [0.25, 0.3) is 0 Å². The summed E-state index contributed by atoms with van der Waals surface area (Å²) < 4.78 is 15.2. The van der Waals surface area contributed by atoms with Crippen LogP contribution < -0.4 is 5.32 Å². The second-order valence-corrected chi connectivity index (χ2v) is 7.44. The molecule has 1 aliphatic carbocycles. The van der Waals surface area contributed by atoms with E-state index in [-0.39, 0.29) is 11.9 Å². The molecule has 1 saturated carbocycles. The van der Waals surface area contributed by atoms with Crippen LogP contribution in [-0.4, -0.2) is 32.7 Å².